The molecule has 3 rings (SSSR count). The maximum Gasteiger partial charge on any atom is 0.334 e. The molecule has 2 N–H and O–H groups in total. The Balaban J connectivity index is 1.84. The summed E-state index contributed by atoms with van der Waals surface area (Å²) in [6.45, 7) is 2.70. The molecule has 1 fully saturated rings. The normalized spacial score (nSPS) is 18.9. The number of H-pyrrole nitrogens is 1. The average Bonchev–Trinajstić information content (AvgIpc) is 2.89. The molecule has 0 radical (unpaired) electrons. The Morgan fingerprint density at radius 1 is 1.38 bits per heavy atom. The van der Waals surface area contributed by atoms with Crippen LogP contribution in [-0.2, 0) is 9.53 Å². The molecule has 1 amide bonds. The number of rotatable bonds is 2. The molecule has 2 aromatic rings. The molecule has 0 saturated carbocycles. The fourth-order valence-corrected chi connectivity index (χ4v) is 2.51. The highest BCUT2D eigenvalue weighted by atomic mass is 16.5. The van der Waals surface area contributed by atoms with Crippen LogP contribution in [0.4, 0.5) is 0 Å². The van der Waals surface area contributed by atoms with Gasteiger partial charge in [0.15, 0.2) is 6.10 Å². The number of hydrogen-bond acceptors (Lipinski definition) is 3. The van der Waals surface area contributed by atoms with Crippen LogP contribution in [0.25, 0.3) is 10.9 Å². The first-order chi connectivity index (χ1) is 10.0. The summed E-state index contributed by atoms with van der Waals surface area (Å²) in [7, 11) is 0. The molecule has 1 aromatic carbocycles. The van der Waals surface area contributed by atoms with E-state index in [2.05, 4.69) is 4.98 Å². The lowest BCUT2D eigenvalue weighted by atomic mass is 10.2. The number of carbonyl (C=O) groups is 2. The van der Waals surface area contributed by atoms with E-state index in [0.29, 0.717) is 12.2 Å². The van der Waals surface area contributed by atoms with Gasteiger partial charge in [-0.3, -0.25) is 4.79 Å². The Morgan fingerprint density at radius 3 is 2.95 bits per heavy atom. The fraction of sp³-hybridized carbons (Fsp3) is 0.333. The number of morpholine rings is 1. The van der Waals surface area contributed by atoms with Gasteiger partial charge in [-0.15, -0.1) is 0 Å². The molecule has 0 spiro atoms. The van der Waals surface area contributed by atoms with E-state index in [4.69, 9.17) is 9.84 Å². The van der Waals surface area contributed by atoms with E-state index in [-0.39, 0.29) is 19.1 Å². The van der Waals surface area contributed by atoms with Gasteiger partial charge in [0.25, 0.3) is 5.91 Å². The molecule has 0 aliphatic carbocycles. The van der Waals surface area contributed by atoms with Gasteiger partial charge in [-0.25, -0.2) is 4.79 Å². The minimum atomic E-state index is -1.04. The molecular weight excluding hydrogens is 272 g/mol. The number of aromatic nitrogens is 1. The largest absolute Gasteiger partial charge is 0.479 e. The van der Waals surface area contributed by atoms with Crippen LogP contribution in [0, 0.1) is 6.92 Å². The molecule has 0 unspecified atom stereocenters. The van der Waals surface area contributed by atoms with E-state index < -0.39 is 12.1 Å². The molecule has 1 aliphatic rings. The first-order valence-electron chi connectivity index (χ1n) is 6.77. The molecule has 21 heavy (non-hydrogen) atoms. The molecule has 1 aromatic heterocycles. The molecule has 1 saturated heterocycles. The van der Waals surface area contributed by atoms with Crippen LogP contribution < -0.4 is 0 Å². The summed E-state index contributed by atoms with van der Waals surface area (Å²) < 4.78 is 5.13. The van der Waals surface area contributed by atoms with E-state index >= 15 is 0 Å². The molecule has 6 heteroatoms. The summed E-state index contributed by atoms with van der Waals surface area (Å²) in [5, 5.41) is 9.95. The van der Waals surface area contributed by atoms with Gasteiger partial charge in [0.05, 0.1) is 13.2 Å². The minimum Gasteiger partial charge on any atom is -0.479 e. The molecule has 6 nitrogen and oxygen atoms in total. The van der Waals surface area contributed by atoms with Crippen LogP contribution in [-0.4, -0.2) is 52.7 Å². The second kappa shape index (κ2) is 5.21. The van der Waals surface area contributed by atoms with E-state index in [9.17, 15) is 9.59 Å². The lowest BCUT2D eigenvalue weighted by Gasteiger charge is -2.30. The topological polar surface area (TPSA) is 82.6 Å². The van der Waals surface area contributed by atoms with Crippen molar-refractivity contribution < 1.29 is 19.4 Å². The van der Waals surface area contributed by atoms with Crippen molar-refractivity contribution >= 4 is 22.8 Å². The third kappa shape index (κ3) is 2.62. The minimum absolute atomic E-state index is 0.0720. The average molecular weight is 288 g/mol. The molecule has 0 bridgehead atoms. The smallest absolute Gasteiger partial charge is 0.334 e. The zero-order chi connectivity index (χ0) is 15.0. The van der Waals surface area contributed by atoms with Gasteiger partial charge in [-0.1, -0.05) is 12.1 Å². The Kier molecular flexibility index (Phi) is 3.39. The first kappa shape index (κ1) is 13.6. The summed E-state index contributed by atoms with van der Waals surface area (Å²) in [5.74, 6) is -1.24. The highest BCUT2D eigenvalue weighted by molar-refractivity contribution is 5.98. The van der Waals surface area contributed by atoms with Gasteiger partial charge in [0.2, 0.25) is 0 Å². The number of benzene rings is 1. The summed E-state index contributed by atoms with van der Waals surface area (Å²) in [4.78, 5) is 28.0. The van der Waals surface area contributed by atoms with Crippen molar-refractivity contribution in [2.45, 2.75) is 13.0 Å². The third-order valence-corrected chi connectivity index (χ3v) is 3.64. The molecule has 1 aliphatic heterocycles. The van der Waals surface area contributed by atoms with Gasteiger partial charge in [-0.2, -0.15) is 0 Å². The number of hydrogen-bond donors (Lipinski definition) is 2. The van der Waals surface area contributed by atoms with Crippen molar-refractivity contribution in [2.75, 3.05) is 19.7 Å². The molecule has 110 valence electrons. The lowest BCUT2D eigenvalue weighted by Crippen LogP contribution is -2.48. The van der Waals surface area contributed by atoms with E-state index in [1.807, 2.05) is 25.1 Å². The van der Waals surface area contributed by atoms with Gasteiger partial charge >= 0.3 is 5.97 Å². The van der Waals surface area contributed by atoms with Gasteiger partial charge in [0.1, 0.15) is 5.69 Å². The number of nitrogens with zero attached hydrogens (tertiary/aromatic N) is 1. The molecular formula is C15H16N2O4. The number of fused-ring (bicyclic) bond motifs is 1. The van der Waals surface area contributed by atoms with Gasteiger partial charge in [-0.05, 0) is 24.6 Å². The van der Waals surface area contributed by atoms with Crippen molar-refractivity contribution in [1.82, 2.24) is 9.88 Å². The Hall–Kier alpha value is -2.34. The number of aryl methyl sites for hydroxylation is 1. The first-order valence-corrected chi connectivity index (χ1v) is 6.77. The van der Waals surface area contributed by atoms with E-state index in [1.165, 1.54) is 4.90 Å². The number of carboxylic acids is 1. The number of carbonyl (C=O) groups excluding carboxylic acids is 1. The van der Waals surface area contributed by atoms with Crippen molar-refractivity contribution in [2.24, 2.45) is 0 Å². The van der Waals surface area contributed by atoms with Crippen LogP contribution in [0.5, 0.6) is 0 Å². The second-order valence-corrected chi connectivity index (χ2v) is 5.22. The predicted molar refractivity (Wildman–Crippen MR) is 76.3 cm³/mol. The summed E-state index contributed by atoms with van der Waals surface area (Å²) in [6.07, 6.45) is -0.950. The lowest BCUT2D eigenvalue weighted by molar-refractivity contribution is -0.154. The van der Waals surface area contributed by atoms with Crippen LogP contribution in [0.1, 0.15) is 16.1 Å². The quantitative estimate of drug-likeness (QED) is 0.875. The van der Waals surface area contributed by atoms with Gasteiger partial charge < -0.3 is 19.7 Å². The number of aliphatic carboxylic acids is 1. The Bertz CT molecular complexity index is 707. The van der Waals surface area contributed by atoms with Crippen molar-refractivity contribution in [1.29, 1.82) is 0 Å². The molecule has 1 atom stereocenters. The summed E-state index contributed by atoms with van der Waals surface area (Å²) in [6, 6.07) is 7.71. The van der Waals surface area contributed by atoms with Crippen LogP contribution >= 0.6 is 0 Å². The van der Waals surface area contributed by atoms with Crippen molar-refractivity contribution in [3.8, 4) is 0 Å². The summed E-state index contributed by atoms with van der Waals surface area (Å²) in [5.41, 5.74) is 2.49. The van der Waals surface area contributed by atoms with Crippen LogP contribution in [0.3, 0.4) is 0 Å². The maximum absolute atomic E-state index is 12.5. The zero-order valence-corrected chi connectivity index (χ0v) is 11.6. The van der Waals surface area contributed by atoms with Crippen molar-refractivity contribution in [3.05, 3.63) is 35.5 Å². The zero-order valence-electron chi connectivity index (χ0n) is 11.6. The number of ether oxygens (including phenoxy) is 1. The standard InChI is InChI=1S/C15H16N2O4/c1-9-2-3-10-7-12(16-11(10)6-9)14(18)17-4-5-21-13(8-17)15(19)20/h2-3,6-7,13,16H,4-5,8H2,1H3,(H,19,20)/t13-/m1/s1. The number of carboxylic acid groups (broad SMARTS) is 1. The number of nitrogens with one attached hydrogen (secondary N) is 1. The number of amides is 1. The monoisotopic (exact) mass is 288 g/mol. The third-order valence-electron chi connectivity index (χ3n) is 3.64. The molecule has 2 heterocycles. The maximum atomic E-state index is 12.5. The highest BCUT2D eigenvalue weighted by Gasteiger charge is 2.30. The van der Waals surface area contributed by atoms with Crippen LogP contribution in [0.15, 0.2) is 24.3 Å². The van der Waals surface area contributed by atoms with Crippen molar-refractivity contribution in [3.63, 3.8) is 0 Å². The van der Waals surface area contributed by atoms with E-state index in [0.717, 1.165) is 16.5 Å². The Labute approximate surface area is 121 Å². The van der Waals surface area contributed by atoms with Gasteiger partial charge in [0, 0.05) is 17.4 Å². The highest BCUT2D eigenvalue weighted by Crippen LogP contribution is 2.19. The second-order valence-electron chi connectivity index (χ2n) is 5.22. The number of aromatic amines is 1. The van der Waals surface area contributed by atoms with E-state index in [1.54, 1.807) is 6.07 Å². The fourth-order valence-electron chi connectivity index (χ4n) is 2.51. The summed E-state index contributed by atoms with van der Waals surface area (Å²) >= 11 is 0. The predicted octanol–water partition coefficient (Wildman–Crippen LogP) is 1.40. The van der Waals surface area contributed by atoms with Crippen LogP contribution in [0.2, 0.25) is 0 Å². The SMILES string of the molecule is Cc1ccc2cc(C(=O)N3CCO[C@@H](C(=O)O)C3)[nH]c2c1. The Morgan fingerprint density at radius 2 is 2.19 bits per heavy atom.